The Kier molecular flexibility index (Phi) is 5.93. The summed E-state index contributed by atoms with van der Waals surface area (Å²) in [6, 6.07) is 12.5. The molecule has 2 aliphatic rings. The topological polar surface area (TPSA) is 65.4 Å². The number of urea groups is 1. The number of carbonyl (C=O) groups excluding carboxylic acids is 1. The molecule has 1 aromatic rings. The van der Waals surface area contributed by atoms with Crippen molar-refractivity contribution in [3.8, 4) is 6.07 Å². The molecule has 0 saturated carbocycles. The summed E-state index contributed by atoms with van der Waals surface area (Å²) >= 11 is 0. The van der Waals surface area contributed by atoms with Crippen LogP contribution >= 0.6 is 0 Å². The molecule has 0 aromatic heterocycles. The minimum Gasteiger partial charge on any atom is -0.381 e. The highest BCUT2D eigenvalue weighted by atomic mass is 16.5. The van der Waals surface area contributed by atoms with Crippen molar-refractivity contribution in [2.45, 2.75) is 37.5 Å². The second-order valence-corrected chi connectivity index (χ2v) is 7.15. The number of rotatable bonds is 4. The highest BCUT2D eigenvalue weighted by molar-refractivity contribution is 5.74. The number of amides is 2. The summed E-state index contributed by atoms with van der Waals surface area (Å²) in [5.41, 5.74) is 0.604. The number of likely N-dealkylation sites (tertiary alicyclic amines) is 1. The fourth-order valence-corrected chi connectivity index (χ4v) is 3.84. The van der Waals surface area contributed by atoms with Gasteiger partial charge in [-0.1, -0.05) is 30.3 Å². The molecule has 25 heavy (non-hydrogen) atoms. The van der Waals surface area contributed by atoms with Crippen molar-refractivity contribution in [1.82, 2.24) is 10.2 Å². The first-order chi connectivity index (χ1) is 12.2. The lowest BCUT2D eigenvalue weighted by Crippen LogP contribution is -2.48. The molecule has 2 aliphatic heterocycles. The fourth-order valence-electron chi connectivity index (χ4n) is 3.84. The number of nitrogens with one attached hydrogen (secondary N) is 1. The number of nitriles is 1. The number of nitrogens with zero attached hydrogens (tertiary/aromatic N) is 2. The molecule has 1 atom stereocenters. The largest absolute Gasteiger partial charge is 0.381 e. The average molecular weight is 341 g/mol. The van der Waals surface area contributed by atoms with Gasteiger partial charge in [0.05, 0.1) is 11.5 Å². The Labute approximate surface area is 150 Å². The predicted octanol–water partition coefficient (Wildman–Crippen LogP) is 3.07. The van der Waals surface area contributed by atoms with Crippen LogP contribution < -0.4 is 5.32 Å². The smallest absolute Gasteiger partial charge is 0.317 e. The first-order valence-electron chi connectivity index (χ1n) is 9.31. The van der Waals surface area contributed by atoms with E-state index in [1.165, 1.54) is 6.42 Å². The van der Waals surface area contributed by atoms with Crippen molar-refractivity contribution in [2.75, 3.05) is 32.8 Å². The van der Waals surface area contributed by atoms with E-state index in [2.05, 4.69) is 11.4 Å². The number of hydrogen-bond donors (Lipinski definition) is 1. The molecule has 0 radical (unpaired) electrons. The maximum atomic E-state index is 12.4. The van der Waals surface area contributed by atoms with Crippen LogP contribution in [0.2, 0.25) is 0 Å². The highest BCUT2D eigenvalue weighted by Gasteiger charge is 2.37. The average Bonchev–Trinajstić information content (AvgIpc) is 2.69. The Bertz CT molecular complexity index is 597. The Morgan fingerprint density at radius 3 is 2.72 bits per heavy atom. The molecule has 3 rings (SSSR count). The van der Waals surface area contributed by atoms with Crippen LogP contribution in [0.4, 0.5) is 4.79 Å². The van der Waals surface area contributed by atoms with Gasteiger partial charge in [0.2, 0.25) is 0 Å². The second kappa shape index (κ2) is 8.35. The molecular weight excluding hydrogens is 314 g/mol. The van der Waals surface area contributed by atoms with Crippen molar-refractivity contribution in [2.24, 2.45) is 5.92 Å². The standard InChI is InChI=1S/C20H27N3O2/c21-16-20(18-6-2-1-3-7-18)9-12-23(13-10-20)19(24)22-11-8-17-5-4-14-25-15-17/h1-3,6-7,17H,4-5,8-15H2,(H,22,24). The number of hydrogen-bond acceptors (Lipinski definition) is 3. The van der Waals surface area contributed by atoms with Crippen molar-refractivity contribution in [3.05, 3.63) is 35.9 Å². The van der Waals surface area contributed by atoms with Gasteiger partial charge in [-0.2, -0.15) is 5.26 Å². The summed E-state index contributed by atoms with van der Waals surface area (Å²) in [4.78, 5) is 14.2. The second-order valence-electron chi connectivity index (χ2n) is 7.15. The van der Waals surface area contributed by atoms with E-state index in [1.54, 1.807) is 0 Å². The van der Waals surface area contributed by atoms with Gasteiger partial charge in [-0.3, -0.25) is 0 Å². The quantitative estimate of drug-likeness (QED) is 0.915. The third kappa shape index (κ3) is 4.32. The van der Waals surface area contributed by atoms with E-state index in [1.807, 2.05) is 35.2 Å². The first kappa shape index (κ1) is 17.8. The fraction of sp³-hybridized carbons (Fsp3) is 0.600. The molecule has 1 N–H and O–H groups in total. The highest BCUT2D eigenvalue weighted by Crippen LogP contribution is 2.34. The molecule has 5 heteroatoms. The molecule has 1 aromatic carbocycles. The number of carbonyl (C=O) groups is 1. The molecule has 2 fully saturated rings. The summed E-state index contributed by atoms with van der Waals surface area (Å²) in [5.74, 6) is 0.569. The van der Waals surface area contributed by atoms with E-state index >= 15 is 0 Å². The molecule has 2 saturated heterocycles. The Balaban J connectivity index is 1.46. The van der Waals surface area contributed by atoms with E-state index < -0.39 is 5.41 Å². The van der Waals surface area contributed by atoms with Crippen LogP contribution in [0.5, 0.6) is 0 Å². The van der Waals surface area contributed by atoms with Crippen LogP contribution in [0.25, 0.3) is 0 Å². The van der Waals surface area contributed by atoms with E-state index in [0.717, 1.165) is 31.6 Å². The lowest BCUT2D eigenvalue weighted by molar-refractivity contribution is 0.0518. The van der Waals surface area contributed by atoms with Gasteiger partial charge in [0.1, 0.15) is 0 Å². The van der Waals surface area contributed by atoms with Crippen LogP contribution in [0, 0.1) is 17.2 Å². The summed E-state index contributed by atoms with van der Waals surface area (Å²) in [6.07, 6.45) is 4.68. The van der Waals surface area contributed by atoms with E-state index in [0.29, 0.717) is 38.4 Å². The van der Waals surface area contributed by atoms with Gasteiger partial charge in [0, 0.05) is 32.8 Å². The monoisotopic (exact) mass is 341 g/mol. The molecule has 0 bridgehead atoms. The maximum absolute atomic E-state index is 12.4. The first-order valence-corrected chi connectivity index (χ1v) is 9.31. The Morgan fingerprint density at radius 2 is 2.08 bits per heavy atom. The van der Waals surface area contributed by atoms with E-state index in [4.69, 9.17) is 4.74 Å². The predicted molar refractivity (Wildman–Crippen MR) is 96.1 cm³/mol. The SMILES string of the molecule is N#CC1(c2ccccc2)CCN(C(=O)NCCC2CCCOC2)CC1. The Morgan fingerprint density at radius 1 is 1.32 bits per heavy atom. The number of benzene rings is 1. The molecular formula is C20H27N3O2. The normalized spacial score (nSPS) is 22.8. The summed E-state index contributed by atoms with van der Waals surface area (Å²) < 4.78 is 5.48. The summed E-state index contributed by atoms with van der Waals surface area (Å²) in [5, 5.41) is 12.8. The minimum absolute atomic E-state index is 0.00340. The maximum Gasteiger partial charge on any atom is 0.317 e. The van der Waals surface area contributed by atoms with Crippen molar-refractivity contribution < 1.29 is 9.53 Å². The van der Waals surface area contributed by atoms with Gasteiger partial charge in [0.15, 0.2) is 0 Å². The minimum atomic E-state index is -0.461. The van der Waals surface area contributed by atoms with E-state index in [-0.39, 0.29) is 6.03 Å². The van der Waals surface area contributed by atoms with Gasteiger partial charge in [-0.25, -0.2) is 4.79 Å². The van der Waals surface area contributed by atoms with Crippen LogP contribution in [0.3, 0.4) is 0 Å². The Hall–Kier alpha value is -2.06. The summed E-state index contributed by atoms with van der Waals surface area (Å²) in [6.45, 7) is 3.65. The molecule has 134 valence electrons. The van der Waals surface area contributed by atoms with Crippen molar-refractivity contribution >= 4 is 6.03 Å². The van der Waals surface area contributed by atoms with Gasteiger partial charge in [0.25, 0.3) is 0 Å². The molecule has 2 amide bonds. The molecule has 1 unspecified atom stereocenters. The van der Waals surface area contributed by atoms with Gasteiger partial charge in [-0.15, -0.1) is 0 Å². The molecule has 0 spiro atoms. The zero-order chi connectivity index (χ0) is 17.5. The molecule has 0 aliphatic carbocycles. The third-order valence-electron chi connectivity index (χ3n) is 5.53. The molecule has 2 heterocycles. The van der Waals surface area contributed by atoms with Crippen LogP contribution in [-0.4, -0.2) is 43.8 Å². The van der Waals surface area contributed by atoms with Gasteiger partial charge >= 0.3 is 6.03 Å². The van der Waals surface area contributed by atoms with Crippen LogP contribution in [0.15, 0.2) is 30.3 Å². The summed E-state index contributed by atoms with van der Waals surface area (Å²) in [7, 11) is 0. The zero-order valence-corrected chi connectivity index (χ0v) is 14.7. The van der Waals surface area contributed by atoms with Gasteiger partial charge in [-0.05, 0) is 43.6 Å². The van der Waals surface area contributed by atoms with Crippen molar-refractivity contribution in [1.29, 1.82) is 5.26 Å². The lowest BCUT2D eigenvalue weighted by atomic mass is 9.74. The third-order valence-corrected chi connectivity index (χ3v) is 5.53. The number of ether oxygens (including phenoxy) is 1. The molecule has 5 nitrogen and oxygen atoms in total. The van der Waals surface area contributed by atoms with Gasteiger partial charge < -0.3 is 15.0 Å². The van der Waals surface area contributed by atoms with Crippen LogP contribution in [-0.2, 0) is 10.2 Å². The van der Waals surface area contributed by atoms with Crippen molar-refractivity contribution in [3.63, 3.8) is 0 Å². The number of piperidine rings is 1. The lowest BCUT2D eigenvalue weighted by Gasteiger charge is -2.37. The zero-order valence-electron chi connectivity index (χ0n) is 14.7. The van der Waals surface area contributed by atoms with E-state index in [9.17, 15) is 10.1 Å². The van der Waals surface area contributed by atoms with Crippen LogP contribution in [0.1, 0.15) is 37.7 Å².